The number of nitrogens with one attached hydrogen (secondary N) is 1. The Morgan fingerprint density at radius 3 is 2.52 bits per heavy atom. The lowest BCUT2D eigenvalue weighted by Crippen LogP contribution is -2.26. The maximum Gasteiger partial charge on any atom is 0.245 e. The van der Waals surface area contributed by atoms with E-state index in [4.69, 9.17) is 21.5 Å². The normalized spacial score (nSPS) is 11.3. The fourth-order valence-electron chi connectivity index (χ4n) is 2.72. The van der Waals surface area contributed by atoms with E-state index in [1.807, 2.05) is 72.3 Å². The number of nitrogens with zero attached hydrogens (tertiary/aromatic N) is 2. The van der Waals surface area contributed by atoms with Crippen molar-refractivity contribution >= 4 is 17.5 Å². The van der Waals surface area contributed by atoms with Crippen LogP contribution in [-0.4, -0.2) is 33.4 Å². The summed E-state index contributed by atoms with van der Waals surface area (Å²) in [6.45, 7) is 2.43. The highest BCUT2D eigenvalue weighted by Gasteiger charge is 2.13. The largest absolute Gasteiger partial charge is 0.378 e. The number of carbonyl (C=O) groups excluding carboxylic acids is 1. The second kappa shape index (κ2) is 12.7. The zero-order valence-electron chi connectivity index (χ0n) is 16.4. The van der Waals surface area contributed by atoms with Gasteiger partial charge in [-0.05, 0) is 49.6 Å². The van der Waals surface area contributed by atoms with Crippen molar-refractivity contribution in [2.24, 2.45) is 0 Å². The molecule has 0 aliphatic heterocycles. The van der Waals surface area contributed by atoms with E-state index in [0.29, 0.717) is 11.6 Å². The van der Waals surface area contributed by atoms with Crippen molar-refractivity contribution in [3.63, 3.8) is 0 Å². The summed E-state index contributed by atoms with van der Waals surface area (Å²) in [5, 5.41) is 9.21. The Bertz CT molecular complexity index is 824. The SMILES string of the molecule is CCOC(CCc1ccc(Cl)cc1)CC(=O)NO.c1ccc(-n2ccnc2)cc1. The Balaban J connectivity index is 0.000000230. The van der Waals surface area contributed by atoms with Crippen LogP contribution in [0.25, 0.3) is 5.69 Å². The maximum absolute atomic E-state index is 11.1. The number of carbonyl (C=O) groups is 1. The van der Waals surface area contributed by atoms with Gasteiger partial charge in [-0.3, -0.25) is 10.0 Å². The molecule has 0 fully saturated rings. The first-order valence-electron chi connectivity index (χ1n) is 9.44. The number of para-hydroxylation sites is 1. The Kier molecular flexibility index (Phi) is 9.92. The minimum Gasteiger partial charge on any atom is -0.378 e. The fourth-order valence-corrected chi connectivity index (χ4v) is 2.85. The van der Waals surface area contributed by atoms with Crippen molar-refractivity contribution < 1.29 is 14.7 Å². The molecule has 0 radical (unpaired) electrons. The van der Waals surface area contributed by atoms with Crippen LogP contribution in [0.5, 0.6) is 0 Å². The molecule has 1 atom stereocenters. The molecular weight excluding hydrogens is 390 g/mol. The predicted molar refractivity (Wildman–Crippen MR) is 113 cm³/mol. The van der Waals surface area contributed by atoms with E-state index < -0.39 is 5.91 Å². The van der Waals surface area contributed by atoms with Crippen LogP contribution in [0, 0.1) is 0 Å². The van der Waals surface area contributed by atoms with Crippen LogP contribution >= 0.6 is 11.6 Å². The highest BCUT2D eigenvalue weighted by Crippen LogP contribution is 2.14. The lowest BCUT2D eigenvalue weighted by molar-refractivity contribution is -0.132. The molecule has 0 aliphatic carbocycles. The number of hydrogen-bond donors (Lipinski definition) is 2. The molecule has 29 heavy (non-hydrogen) atoms. The maximum atomic E-state index is 11.1. The van der Waals surface area contributed by atoms with Crippen molar-refractivity contribution in [3.8, 4) is 5.69 Å². The molecule has 3 rings (SSSR count). The number of rotatable bonds is 8. The average Bonchev–Trinajstić information content (AvgIpc) is 3.29. The van der Waals surface area contributed by atoms with Crippen molar-refractivity contribution in [1.82, 2.24) is 15.0 Å². The monoisotopic (exact) mass is 415 g/mol. The van der Waals surface area contributed by atoms with Gasteiger partial charge < -0.3 is 9.30 Å². The minimum absolute atomic E-state index is 0.165. The van der Waals surface area contributed by atoms with E-state index in [0.717, 1.165) is 24.1 Å². The van der Waals surface area contributed by atoms with Crippen LogP contribution in [0.15, 0.2) is 73.3 Å². The number of halogens is 1. The van der Waals surface area contributed by atoms with E-state index in [2.05, 4.69) is 4.98 Å². The van der Waals surface area contributed by atoms with Crippen LogP contribution in [0.1, 0.15) is 25.3 Å². The summed E-state index contributed by atoms with van der Waals surface area (Å²) in [5.74, 6) is -0.426. The third-order valence-electron chi connectivity index (χ3n) is 4.17. The molecule has 0 saturated heterocycles. The Morgan fingerprint density at radius 2 is 1.93 bits per heavy atom. The number of aryl methyl sites for hydroxylation is 1. The second-order valence-corrected chi connectivity index (χ2v) is 6.72. The first-order chi connectivity index (χ1) is 14.1. The lowest BCUT2D eigenvalue weighted by atomic mass is 10.0. The summed E-state index contributed by atoms with van der Waals surface area (Å²) in [6, 6.07) is 17.7. The number of amides is 1. The van der Waals surface area contributed by atoms with Crippen molar-refractivity contribution in [2.75, 3.05) is 6.61 Å². The van der Waals surface area contributed by atoms with Crippen LogP contribution in [0.2, 0.25) is 5.02 Å². The molecule has 2 N–H and O–H groups in total. The summed E-state index contributed by atoms with van der Waals surface area (Å²) in [5.41, 5.74) is 3.91. The number of imidazole rings is 1. The summed E-state index contributed by atoms with van der Waals surface area (Å²) >= 11 is 5.81. The highest BCUT2D eigenvalue weighted by atomic mass is 35.5. The molecule has 2 aromatic carbocycles. The predicted octanol–water partition coefficient (Wildman–Crippen LogP) is 4.45. The molecule has 1 unspecified atom stereocenters. The van der Waals surface area contributed by atoms with Gasteiger partial charge in [-0.15, -0.1) is 0 Å². The first kappa shape index (κ1) is 22.6. The third kappa shape index (κ3) is 8.48. The zero-order chi connectivity index (χ0) is 20.9. The fraction of sp³-hybridized carbons (Fsp3) is 0.273. The third-order valence-corrected chi connectivity index (χ3v) is 4.42. The molecular formula is C22H26ClN3O3. The van der Waals surface area contributed by atoms with Gasteiger partial charge in [-0.1, -0.05) is 41.9 Å². The van der Waals surface area contributed by atoms with E-state index in [1.54, 1.807) is 18.0 Å². The second-order valence-electron chi connectivity index (χ2n) is 6.29. The molecule has 1 heterocycles. The summed E-state index contributed by atoms with van der Waals surface area (Å²) < 4.78 is 7.43. The van der Waals surface area contributed by atoms with Gasteiger partial charge >= 0.3 is 0 Å². The van der Waals surface area contributed by atoms with Gasteiger partial charge in [0.25, 0.3) is 0 Å². The molecule has 6 nitrogen and oxygen atoms in total. The van der Waals surface area contributed by atoms with Crippen molar-refractivity contribution in [1.29, 1.82) is 0 Å². The van der Waals surface area contributed by atoms with Crippen molar-refractivity contribution in [3.05, 3.63) is 83.9 Å². The topological polar surface area (TPSA) is 76.4 Å². The lowest BCUT2D eigenvalue weighted by Gasteiger charge is -2.15. The van der Waals surface area contributed by atoms with E-state index in [1.165, 1.54) is 0 Å². The van der Waals surface area contributed by atoms with Crippen LogP contribution < -0.4 is 5.48 Å². The van der Waals surface area contributed by atoms with Gasteiger partial charge in [0.15, 0.2) is 0 Å². The van der Waals surface area contributed by atoms with Crippen LogP contribution in [0.4, 0.5) is 0 Å². The summed E-state index contributed by atoms with van der Waals surface area (Å²) in [7, 11) is 0. The Hall–Kier alpha value is -2.67. The first-order valence-corrected chi connectivity index (χ1v) is 9.82. The number of hydroxylamine groups is 1. The van der Waals surface area contributed by atoms with Gasteiger partial charge in [-0.25, -0.2) is 10.5 Å². The zero-order valence-corrected chi connectivity index (χ0v) is 17.1. The van der Waals surface area contributed by atoms with Crippen LogP contribution in [-0.2, 0) is 16.0 Å². The molecule has 0 spiro atoms. The van der Waals surface area contributed by atoms with Gasteiger partial charge in [0.05, 0.1) is 18.9 Å². The Labute approximate surface area is 176 Å². The molecule has 3 aromatic rings. The molecule has 154 valence electrons. The van der Waals surface area contributed by atoms with Crippen LogP contribution in [0.3, 0.4) is 0 Å². The van der Waals surface area contributed by atoms with E-state index in [9.17, 15) is 4.79 Å². The molecule has 0 aliphatic rings. The van der Waals surface area contributed by atoms with E-state index in [-0.39, 0.29) is 12.5 Å². The summed E-state index contributed by atoms with van der Waals surface area (Å²) in [4.78, 5) is 15.1. The Morgan fingerprint density at radius 1 is 1.21 bits per heavy atom. The quantitative estimate of drug-likeness (QED) is 0.421. The molecule has 0 bridgehead atoms. The molecule has 1 aromatic heterocycles. The molecule has 7 heteroatoms. The highest BCUT2D eigenvalue weighted by molar-refractivity contribution is 6.30. The van der Waals surface area contributed by atoms with E-state index >= 15 is 0 Å². The standard InChI is InChI=1S/C13H18ClNO3.C9H8N2/c1-2-18-12(9-13(16)15-17)8-5-10-3-6-11(14)7-4-10;1-2-4-9(5-3-1)11-7-6-10-8-11/h3-4,6-7,12,17H,2,5,8-9H2,1H3,(H,15,16);1-8H. The summed E-state index contributed by atoms with van der Waals surface area (Å²) in [6.07, 6.45) is 7.00. The van der Waals surface area contributed by atoms with Gasteiger partial charge in [-0.2, -0.15) is 0 Å². The molecule has 0 saturated carbocycles. The molecule has 1 amide bonds. The number of benzene rings is 2. The minimum atomic E-state index is -0.426. The van der Waals surface area contributed by atoms with Gasteiger partial charge in [0.1, 0.15) is 0 Å². The number of hydrogen-bond acceptors (Lipinski definition) is 4. The number of aromatic nitrogens is 2. The smallest absolute Gasteiger partial charge is 0.245 e. The van der Waals surface area contributed by atoms with Gasteiger partial charge in [0.2, 0.25) is 5.91 Å². The van der Waals surface area contributed by atoms with Gasteiger partial charge in [0, 0.05) is 29.7 Å². The van der Waals surface area contributed by atoms with Crippen molar-refractivity contribution in [2.45, 2.75) is 32.3 Å². The average molecular weight is 416 g/mol. The number of ether oxygens (including phenoxy) is 1.